The number of hydrogen-bond acceptors (Lipinski definition) is 4. The SMILES string of the molecule is O=C1CCCc2cc(S(=O)(=O)N3CCN(c4ccccc4)CC3)ccc2N1. The minimum absolute atomic E-state index is 0.0126. The number of carbonyl (C=O) groups excluding carboxylic acids is 1. The van der Waals surface area contributed by atoms with Crippen LogP contribution in [0.3, 0.4) is 0 Å². The molecule has 1 fully saturated rings. The number of amides is 1. The van der Waals surface area contributed by atoms with E-state index in [4.69, 9.17) is 0 Å². The predicted molar refractivity (Wildman–Crippen MR) is 105 cm³/mol. The van der Waals surface area contributed by atoms with Crippen LogP contribution in [0.5, 0.6) is 0 Å². The predicted octanol–water partition coefficient (Wildman–Crippen LogP) is 2.47. The molecule has 7 heteroatoms. The first-order valence-corrected chi connectivity index (χ1v) is 10.7. The molecular weight excluding hydrogens is 362 g/mol. The second-order valence-corrected chi connectivity index (χ2v) is 8.89. The van der Waals surface area contributed by atoms with Gasteiger partial charge in [-0.05, 0) is 48.7 Å². The van der Waals surface area contributed by atoms with Crippen LogP contribution >= 0.6 is 0 Å². The van der Waals surface area contributed by atoms with Crippen LogP contribution in [0.25, 0.3) is 0 Å². The van der Waals surface area contributed by atoms with E-state index in [9.17, 15) is 13.2 Å². The third-order valence-corrected chi connectivity index (χ3v) is 7.09. The van der Waals surface area contributed by atoms with Crippen LogP contribution in [-0.2, 0) is 21.2 Å². The summed E-state index contributed by atoms with van der Waals surface area (Å²) < 4.78 is 27.7. The van der Waals surface area contributed by atoms with E-state index in [0.29, 0.717) is 43.9 Å². The maximum absolute atomic E-state index is 13.1. The van der Waals surface area contributed by atoms with Gasteiger partial charge in [-0.2, -0.15) is 4.31 Å². The smallest absolute Gasteiger partial charge is 0.243 e. The van der Waals surface area contributed by atoms with E-state index in [-0.39, 0.29) is 5.91 Å². The molecular formula is C20H23N3O3S. The molecule has 0 spiro atoms. The number of benzene rings is 2. The normalized spacial score (nSPS) is 18.5. The maximum Gasteiger partial charge on any atom is 0.243 e. The van der Waals surface area contributed by atoms with Crippen molar-refractivity contribution in [2.45, 2.75) is 24.2 Å². The van der Waals surface area contributed by atoms with Crippen molar-refractivity contribution < 1.29 is 13.2 Å². The van der Waals surface area contributed by atoms with Gasteiger partial charge in [0, 0.05) is 44.0 Å². The van der Waals surface area contributed by atoms with Gasteiger partial charge < -0.3 is 10.2 Å². The third-order valence-electron chi connectivity index (χ3n) is 5.20. The number of piperazine rings is 1. The molecule has 0 aliphatic carbocycles. The van der Waals surface area contributed by atoms with Crippen LogP contribution in [-0.4, -0.2) is 44.8 Å². The molecule has 2 aliphatic rings. The molecule has 0 bridgehead atoms. The number of sulfonamides is 1. The van der Waals surface area contributed by atoms with E-state index >= 15 is 0 Å². The molecule has 6 nitrogen and oxygen atoms in total. The van der Waals surface area contributed by atoms with E-state index in [1.54, 1.807) is 22.5 Å². The van der Waals surface area contributed by atoms with Crippen molar-refractivity contribution >= 4 is 27.3 Å². The van der Waals surface area contributed by atoms with Gasteiger partial charge >= 0.3 is 0 Å². The number of aryl methyl sites for hydroxylation is 1. The van der Waals surface area contributed by atoms with E-state index < -0.39 is 10.0 Å². The molecule has 0 saturated carbocycles. The number of fused-ring (bicyclic) bond motifs is 1. The Labute approximate surface area is 159 Å². The fourth-order valence-electron chi connectivity index (χ4n) is 3.69. The Kier molecular flexibility index (Phi) is 4.88. The van der Waals surface area contributed by atoms with Gasteiger partial charge in [0.1, 0.15) is 0 Å². The van der Waals surface area contributed by atoms with Crippen molar-refractivity contribution in [1.82, 2.24) is 4.31 Å². The summed E-state index contributed by atoms with van der Waals surface area (Å²) >= 11 is 0. The van der Waals surface area contributed by atoms with Crippen LogP contribution in [0, 0.1) is 0 Å². The van der Waals surface area contributed by atoms with Crippen molar-refractivity contribution in [3.8, 4) is 0 Å². The summed E-state index contributed by atoms with van der Waals surface area (Å²) in [5.74, 6) is -0.0126. The molecule has 1 N–H and O–H groups in total. The highest BCUT2D eigenvalue weighted by Crippen LogP contribution is 2.27. The lowest BCUT2D eigenvalue weighted by atomic mass is 10.1. The number of rotatable bonds is 3. The van der Waals surface area contributed by atoms with E-state index in [0.717, 1.165) is 23.4 Å². The molecule has 0 atom stereocenters. The molecule has 2 heterocycles. The number of carbonyl (C=O) groups is 1. The Balaban J connectivity index is 1.51. The maximum atomic E-state index is 13.1. The number of para-hydroxylation sites is 1. The lowest BCUT2D eigenvalue weighted by molar-refractivity contribution is -0.116. The Hall–Kier alpha value is -2.38. The average Bonchev–Trinajstić information content (AvgIpc) is 2.88. The van der Waals surface area contributed by atoms with E-state index in [2.05, 4.69) is 10.2 Å². The molecule has 2 aliphatic heterocycles. The van der Waals surface area contributed by atoms with E-state index in [1.165, 1.54) is 0 Å². The second kappa shape index (κ2) is 7.32. The number of hydrogen-bond donors (Lipinski definition) is 1. The van der Waals surface area contributed by atoms with Crippen LogP contribution in [0.15, 0.2) is 53.4 Å². The first kappa shape index (κ1) is 18.0. The first-order chi connectivity index (χ1) is 13.0. The monoisotopic (exact) mass is 385 g/mol. The zero-order chi connectivity index (χ0) is 18.9. The Bertz CT molecular complexity index is 936. The van der Waals surface area contributed by atoms with Gasteiger partial charge in [0.05, 0.1) is 4.90 Å². The average molecular weight is 385 g/mol. The summed E-state index contributed by atoms with van der Waals surface area (Å²) in [5.41, 5.74) is 2.74. The van der Waals surface area contributed by atoms with Crippen molar-refractivity contribution in [2.24, 2.45) is 0 Å². The van der Waals surface area contributed by atoms with Crippen molar-refractivity contribution in [2.75, 3.05) is 36.4 Å². The first-order valence-electron chi connectivity index (χ1n) is 9.27. The molecule has 1 amide bonds. The second-order valence-electron chi connectivity index (χ2n) is 6.95. The van der Waals surface area contributed by atoms with Crippen molar-refractivity contribution in [1.29, 1.82) is 0 Å². The van der Waals surface area contributed by atoms with Gasteiger partial charge in [0.15, 0.2) is 0 Å². The third kappa shape index (κ3) is 3.70. The summed E-state index contributed by atoms with van der Waals surface area (Å²) in [7, 11) is -3.53. The molecule has 2 aromatic carbocycles. The highest BCUT2D eigenvalue weighted by Gasteiger charge is 2.29. The molecule has 142 valence electrons. The van der Waals surface area contributed by atoms with Gasteiger partial charge in [-0.15, -0.1) is 0 Å². The van der Waals surface area contributed by atoms with Gasteiger partial charge in [0.25, 0.3) is 0 Å². The van der Waals surface area contributed by atoms with Crippen LogP contribution in [0.1, 0.15) is 18.4 Å². The summed E-state index contributed by atoms with van der Waals surface area (Å²) in [5, 5.41) is 2.85. The summed E-state index contributed by atoms with van der Waals surface area (Å²) in [6.45, 7) is 2.27. The lowest BCUT2D eigenvalue weighted by Gasteiger charge is -2.35. The van der Waals surface area contributed by atoms with Crippen molar-refractivity contribution in [3.63, 3.8) is 0 Å². The van der Waals surface area contributed by atoms with Gasteiger partial charge in [-0.3, -0.25) is 4.79 Å². The molecule has 2 aromatic rings. The summed E-state index contributed by atoms with van der Waals surface area (Å²) in [4.78, 5) is 14.2. The van der Waals surface area contributed by atoms with Gasteiger partial charge in [0.2, 0.25) is 15.9 Å². The quantitative estimate of drug-likeness (QED) is 0.881. The highest BCUT2D eigenvalue weighted by molar-refractivity contribution is 7.89. The molecule has 0 aromatic heterocycles. The van der Waals surface area contributed by atoms with Crippen LogP contribution in [0.2, 0.25) is 0 Å². The van der Waals surface area contributed by atoms with Gasteiger partial charge in [-0.25, -0.2) is 8.42 Å². The van der Waals surface area contributed by atoms with Crippen LogP contribution < -0.4 is 10.2 Å². The number of nitrogens with zero attached hydrogens (tertiary/aromatic N) is 2. The highest BCUT2D eigenvalue weighted by atomic mass is 32.2. The number of nitrogens with one attached hydrogen (secondary N) is 1. The summed E-state index contributed by atoms with van der Waals surface area (Å²) in [6, 6.07) is 15.1. The van der Waals surface area contributed by atoms with Gasteiger partial charge in [-0.1, -0.05) is 18.2 Å². The number of anilines is 2. The molecule has 27 heavy (non-hydrogen) atoms. The standard InChI is InChI=1S/C20H23N3O3S/c24-20-8-4-5-16-15-18(9-10-19(16)21-20)27(25,26)23-13-11-22(12-14-23)17-6-2-1-3-7-17/h1-3,6-7,9-10,15H,4-5,8,11-14H2,(H,21,24). The largest absolute Gasteiger partial charge is 0.369 e. The zero-order valence-corrected chi connectivity index (χ0v) is 15.9. The minimum atomic E-state index is -3.53. The fraction of sp³-hybridized carbons (Fsp3) is 0.350. The van der Waals surface area contributed by atoms with Crippen LogP contribution in [0.4, 0.5) is 11.4 Å². The minimum Gasteiger partial charge on any atom is -0.369 e. The topological polar surface area (TPSA) is 69.7 Å². The fourth-order valence-corrected chi connectivity index (χ4v) is 5.16. The molecule has 4 rings (SSSR count). The molecule has 1 saturated heterocycles. The van der Waals surface area contributed by atoms with Crippen molar-refractivity contribution in [3.05, 3.63) is 54.1 Å². The van der Waals surface area contributed by atoms with E-state index in [1.807, 2.05) is 30.3 Å². The Morgan fingerprint density at radius 2 is 1.63 bits per heavy atom. The summed E-state index contributed by atoms with van der Waals surface area (Å²) in [6.07, 6.45) is 1.91. The molecule has 0 unspecified atom stereocenters. The zero-order valence-electron chi connectivity index (χ0n) is 15.1. The molecule has 0 radical (unpaired) electrons. The Morgan fingerprint density at radius 3 is 2.37 bits per heavy atom. The lowest BCUT2D eigenvalue weighted by Crippen LogP contribution is -2.48. The Morgan fingerprint density at radius 1 is 0.889 bits per heavy atom.